The second-order valence-electron chi connectivity index (χ2n) is 8.94. The molecule has 7 nitrogen and oxygen atoms in total. The summed E-state index contributed by atoms with van der Waals surface area (Å²) in [6.45, 7) is 5.96. The van der Waals surface area contributed by atoms with Crippen LogP contribution < -0.4 is 5.73 Å². The topological polar surface area (TPSA) is 87.4 Å². The summed E-state index contributed by atoms with van der Waals surface area (Å²) < 4.78 is 9.04. The quantitative estimate of drug-likeness (QED) is 0.483. The molecule has 3 aromatic heterocycles. The minimum absolute atomic E-state index is 0.449. The molecule has 0 radical (unpaired) electrons. The van der Waals surface area contributed by atoms with Gasteiger partial charge in [-0.25, -0.2) is 4.52 Å². The van der Waals surface area contributed by atoms with Crippen molar-refractivity contribution in [3.8, 4) is 34.1 Å². The largest absolute Gasteiger partial charge is 0.381 e. The molecule has 33 heavy (non-hydrogen) atoms. The molecule has 0 saturated carbocycles. The van der Waals surface area contributed by atoms with Crippen molar-refractivity contribution in [1.29, 1.82) is 0 Å². The van der Waals surface area contributed by atoms with Gasteiger partial charge in [-0.15, -0.1) is 0 Å². The molecule has 1 aliphatic rings. The first-order valence-electron chi connectivity index (χ1n) is 10.9. The van der Waals surface area contributed by atoms with E-state index in [1.165, 1.54) is 0 Å². The van der Waals surface area contributed by atoms with E-state index in [9.17, 15) is 4.79 Å². The Bertz CT molecular complexity index is 1380. The van der Waals surface area contributed by atoms with Crippen molar-refractivity contribution in [3.05, 3.63) is 66.7 Å². The van der Waals surface area contributed by atoms with Gasteiger partial charge in [-0.2, -0.15) is 10.2 Å². The minimum Gasteiger partial charge on any atom is -0.381 e. The smallest absolute Gasteiger partial charge is 0.235 e. The summed E-state index contributed by atoms with van der Waals surface area (Å²) in [6, 6.07) is 12.2. The number of benzene rings is 1. The number of carbonyl (C=O) groups is 1. The molecule has 5 rings (SSSR count). The molecule has 0 atom stereocenters. The monoisotopic (exact) mass is 439 g/mol. The molecule has 166 valence electrons. The van der Waals surface area contributed by atoms with Crippen LogP contribution in [0.5, 0.6) is 0 Å². The number of aromatic nitrogens is 4. The van der Waals surface area contributed by atoms with Crippen molar-refractivity contribution < 1.29 is 9.53 Å². The number of nitrogens with zero attached hydrogens (tertiary/aromatic N) is 4. The summed E-state index contributed by atoms with van der Waals surface area (Å²) in [7, 11) is 0. The Labute approximate surface area is 192 Å². The molecular weight excluding hydrogens is 414 g/mol. The number of primary amides is 1. The van der Waals surface area contributed by atoms with Gasteiger partial charge in [0.15, 0.2) is 0 Å². The Morgan fingerprint density at radius 3 is 2.58 bits per heavy atom. The maximum atomic E-state index is 11.7. The molecular formula is C26H25N5O2. The average Bonchev–Trinajstić information content (AvgIpc) is 3.42. The molecule has 4 heterocycles. The highest BCUT2D eigenvalue weighted by atomic mass is 16.5. The lowest BCUT2D eigenvalue weighted by atomic mass is 9.93. The second kappa shape index (κ2) is 8.23. The van der Waals surface area contributed by atoms with Crippen molar-refractivity contribution in [1.82, 2.24) is 19.4 Å². The molecule has 4 aromatic rings. The normalized spacial score (nSPS) is 14.0. The number of fused-ring (bicyclic) bond motifs is 1. The predicted molar refractivity (Wildman–Crippen MR) is 126 cm³/mol. The highest BCUT2D eigenvalue weighted by molar-refractivity contribution is 5.87. The van der Waals surface area contributed by atoms with Crippen LogP contribution in [0.4, 0.5) is 0 Å². The van der Waals surface area contributed by atoms with Gasteiger partial charge in [0.1, 0.15) is 5.41 Å². The highest BCUT2D eigenvalue weighted by Gasteiger charge is 2.22. The van der Waals surface area contributed by atoms with Crippen LogP contribution in [0.1, 0.15) is 19.4 Å². The van der Waals surface area contributed by atoms with E-state index in [0.29, 0.717) is 5.92 Å². The molecule has 0 aliphatic carbocycles. The molecule has 1 saturated heterocycles. The van der Waals surface area contributed by atoms with Crippen LogP contribution in [-0.2, 0) is 16.1 Å². The van der Waals surface area contributed by atoms with Crippen molar-refractivity contribution in [3.63, 3.8) is 0 Å². The first-order chi connectivity index (χ1) is 15.9. The van der Waals surface area contributed by atoms with Crippen molar-refractivity contribution in [2.75, 3.05) is 13.2 Å². The van der Waals surface area contributed by atoms with Gasteiger partial charge >= 0.3 is 0 Å². The van der Waals surface area contributed by atoms with Crippen LogP contribution in [0.25, 0.3) is 27.8 Å². The zero-order valence-electron chi connectivity index (χ0n) is 18.7. The number of amides is 1. The summed E-state index contributed by atoms with van der Waals surface area (Å²) in [4.78, 5) is 11.7. The van der Waals surface area contributed by atoms with Crippen molar-refractivity contribution in [2.24, 2.45) is 17.1 Å². The van der Waals surface area contributed by atoms with Crippen LogP contribution >= 0.6 is 0 Å². The molecule has 2 N–H and O–H groups in total. The molecule has 0 bridgehead atoms. The molecule has 0 unspecified atom stereocenters. The Morgan fingerprint density at radius 2 is 1.88 bits per heavy atom. The predicted octanol–water partition coefficient (Wildman–Crippen LogP) is 3.37. The Morgan fingerprint density at radius 1 is 1.12 bits per heavy atom. The maximum Gasteiger partial charge on any atom is 0.235 e. The maximum absolute atomic E-state index is 11.7. The van der Waals surface area contributed by atoms with E-state index in [1.807, 2.05) is 35.4 Å². The van der Waals surface area contributed by atoms with Gasteiger partial charge in [0, 0.05) is 36.0 Å². The molecule has 7 heteroatoms. The molecule has 0 spiro atoms. The van der Waals surface area contributed by atoms with E-state index in [4.69, 9.17) is 10.5 Å². The van der Waals surface area contributed by atoms with Gasteiger partial charge in [0.25, 0.3) is 0 Å². The van der Waals surface area contributed by atoms with Crippen LogP contribution in [0, 0.1) is 23.2 Å². The van der Waals surface area contributed by atoms with Gasteiger partial charge in [0.2, 0.25) is 5.91 Å². The van der Waals surface area contributed by atoms with Gasteiger partial charge in [0.05, 0.1) is 36.7 Å². The number of nitrogens with two attached hydrogens (primary N) is 1. The summed E-state index contributed by atoms with van der Waals surface area (Å²) in [5.41, 5.74) is 10.5. The minimum atomic E-state index is -0.912. The van der Waals surface area contributed by atoms with E-state index >= 15 is 0 Å². The van der Waals surface area contributed by atoms with E-state index in [-0.39, 0.29) is 0 Å². The van der Waals surface area contributed by atoms with Crippen molar-refractivity contribution >= 4 is 11.4 Å². The van der Waals surface area contributed by atoms with Crippen molar-refractivity contribution in [2.45, 2.75) is 20.4 Å². The number of pyridine rings is 1. The SMILES string of the molecule is CC(C)(C#Cc1cccn2ncc(-c3ccc(-c4cnn(CC5COC5)c4)cc3)c12)C(N)=O. The molecule has 1 aromatic carbocycles. The Hall–Kier alpha value is -3.89. The average molecular weight is 440 g/mol. The Kier molecular flexibility index (Phi) is 5.23. The number of hydrogen-bond acceptors (Lipinski definition) is 4. The lowest BCUT2D eigenvalue weighted by molar-refractivity contribution is -0.123. The van der Waals surface area contributed by atoms with Gasteiger partial charge in [-0.05, 0) is 37.1 Å². The third-order valence-electron chi connectivity index (χ3n) is 5.98. The summed E-state index contributed by atoms with van der Waals surface area (Å²) in [6.07, 6.45) is 7.71. The molecule has 1 fully saturated rings. The number of ether oxygens (including phenoxy) is 1. The first-order valence-corrected chi connectivity index (χ1v) is 10.9. The van der Waals surface area contributed by atoms with E-state index in [0.717, 1.165) is 53.1 Å². The van der Waals surface area contributed by atoms with E-state index in [1.54, 1.807) is 18.4 Å². The summed E-state index contributed by atoms with van der Waals surface area (Å²) >= 11 is 0. The molecule has 1 aliphatic heterocycles. The summed E-state index contributed by atoms with van der Waals surface area (Å²) in [5.74, 6) is 6.25. The van der Waals surface area contributed by atoms with Gasteiger partial charge in [-0.1, -0.05) is 36.1 Å². The van der Waals surface area contributed by atoms with Crippen LogP contribution in [0.15, 0.2) is 61.2 Å². The number of carbonyl (C=O) groups excluding carboxylic acids is 1. The van der Waals surface area contributed by atoms with Crippen LogP contribution in [0.3, 0.4) is 0 Å². The van der Waals surface area contributed by atoms with Crippen LogP contribution in [0.2, 0.25) is 0 Å². The molecule has 1 amide bonds. The summed E-state index contributed by atoms with van der Waals surface area (Å²) in [5, 5.41) is 8.99. The highest BCUT2D eigenvalue weighted by Crippen LogP contribution is 2.29. The fourth-order valence-electron chi connectivity index (χ4n) is 3.75. The fraction of sp³-hybridized carbons (Fsp3) is 0.269. The standard InChI is InChI=1S/C26H25N5O2/c1-26(2,25(27)32)10-9-21-4-3-11-31-24(21)23(13-29-31)20-7-5-19(6-8-20)22-12-28-30(15-22)14-18-16-33-17-18/h3-8,11-13,15,18H,14,16-17H2,1-2H3,(H2,27,32). The lowest BCUT2D eigenvalue weighted by Gasteiger charge is -2.25. The fourth-order valence-corrected chi connectivity index (χ4v) is 3.75. The number of rotatable bonds is 5. The van der Waals surface area contributed by atoms with E-state index in [2.05, 4.69) is 52.5 Å². The third kappa shape index (κ3) is 4.13. The zero-order valence-corrected chi connectivity index (χ0v) is 18.7. The van der Waals surface area contributed by atoms with Crippen LogP contribution in [-0.4, -0.2) is 38.5 Å². The first kappa shape index (κ1) is 21.0. The second-order valence-corrected chi connectivity index (χ2v) is 8.94. The van der Waals surface area contributed by atoms with Gasteiger partial charge in [-0.3, -0.25) is 9.48 Å². The zero-order chi connectivity index (χ0) is 23.0. The van der Waals surface area contributed by atoms with Gasteiger partial charge < -0.3 is 10.5 Å². The van der Waals surface area contributed by atoms with E-state index < -0.39 is 11.3 Å². The Balaban J connectivity index is 1.45. The lowest BCUT2D eigenvalue weighted by Crippen LogP contribution is -2.31. The third-order valence-corrected chi connectivity index (χ3v) is 5.98. The number of hydrogen-bond donors (Lipinski definition) is 1.